The molecule has 0 rings (SSSR count). The Hall–Kier alpha value is 1.44. The molecule has 0 saturated heterocycles. The summed E-state index contributed by atoms with van der Waals surface area (Å²) in [6.07, 6.45) is 0. The molecule has 2 nitrogen and oxygen atoms in total. The van der Waals surface area contributed by atoms with E-state index in [1.807, 2.05) is 0 Å². The summed E-state index contributed by atoms with van der Waals surface area (Å²) in [4.78, 5) is 0. The van der Waals surface area contributed by atoms with Gasteiger partial charge in [0.05, 0.1) is 0 Å². The van der Waals surface area contributed by atoms with Gasteiger partial charge >= 0.3 is 0 Å². The molecule has 0 aliphatic heterocycles. The average molecular weight is 139 g/mol. The van der Waals surface area contributed by atoms with Crippen LogP contribution in [0.4, 0.5) is 0 Å². The van der Waals surface area contributed by atoms with Crippen LogP contribution >= 0.6 is 0 Å². The zero-order valence-corrected chi connectivity index (χ0v) is 7.03. The maximum Gasteiger partial charge on any atom is 0.00461 e. The number of rotatable bonds is 1. The van der Waals surface area contributed by atoms with Crippen molar-refractivity contribution in [2.24, 2.45) is 11.5 Å². The summed E-state index contributed by atoms with van der Waals surface area (Å²) in [5.74, 6) is 0. The van der Waals surface area contributed by atoms with Gasteiger partial charge in [-0.05, 0) is 0 Å². The summed E-state index contributed by atoms with van der Waals surface area (Å²) in [6, 6.07) is 0. The van der Waals surface area contributed by atoms with Gasteiger partial charge in [0.25, 0.3) is 0 Å². The molecule has 0 aliphatic carbocycles. The molecule has 6 heavy (non-hydrogen) atoms. The van der Waals surface area contributed by atoms with Gasteiger partial charge in [0.2, 0.25) is 0 Å². The summed E-state index contributed by atoms with van der Waals surface area (Å²) in [5, 5.41) is 0. The second-order valence-corrected chi connectivity index (χ2v) is 0.577. The van der Waals surface area contributed by atoms with Crippen LogP contribution in [-0.4, -0.2) is 42.6 Å². The Kier molecular flexibility index (Phi) is 42.0. The zero-order valence-electron chi connectivity index (χ0n) is 3.92. The third kappa shape index (κ3) is 18.0. The molecule has 1 radical (unpaired) electrons. The Morgan fingerprint density at radius 1 is 1.00 bits per heavy atom. The largest absolute Gasteiger partial charge is 0.329 e. The molecule has 0 aromatic heterocycles. The smallest absolute Gasteiger partial charge is 0.00461 e. The van der Waals surface area contributed by atoms with Crippen molar-refractivity contribution in [3.8, 4) is 0 Å². The van der Waals surface area contributed by atoms with Crippen molar-refractivity contribution >= 4 is 29.6 Å². The molecule has 0 unspecified atom stereocenters. The van der Waals surface area contributed by atoms with Crippen molar-refractivity contribution in [1.29, 1.82) is 0 Å². The number of hydrogen-bond donors (Lipinski definition) is 2. The maximum atomic E-state index is 4.90. The first-order valence-corrected chi connectivity index (χ1v) is 1.32. The summed E-state index contributed by atoms with van der Waals surface area (Å²) in [7, 11) is 0. The Morgan fingerprint density at radius 2 is 1.17 bits per heavy atom. The molecule has 0 saturated carbocycles. The van der Waals surface area contributed by atoms with Crippen LogP contribution in [0.15, 0.2) is 0 Å². The van der Waals surface area contributed by atoms with Gasteiger partial charge in [-0.3, -0.25) is 0 Å². The second-order valence-electron chi connectivity index (χ2n) is 0.577. The first-order chi connectivity index (χ1) is 1.91. The van der Waals surface area contributed by atoms with Crippen LogP contribution in [0.2, 0.25) is 0 Å². The van der Waals surface area contributed by atoms with Crippen LogP contribution in [0, 0.1) is 0 Å². The molecule has 35 valence electrons. The quantitative estimate of drug-likeness (QED) is 0.435. The van der Waals surface area contributed by atoms with Gasteiger partial charge in [0.1, 0.15) is 0 Å². The summed E-state index contributed by atoms with van der Waals surface area (Å²) >= 11 is 0. The second kappa shape index (κ2) is 16.1. The van der Waals surface area contributed by atoms with Crippen molar-refractivity contribution in [3.05, 3.63) is 0 Å². The third-order valence-electron chi connectivity index (χ3n) is 0.167. The molecule has 0 aromatic carbocycles. The van der Waals surface area contributed by atoms with Gasteiger partial charge < -0.3 is 11.5 Å². The van der Waals surface area contributed by atoms with E-state index in [0.29, 0.717) is 13.1 Å². The van der Waals surface area contributed by atoms with E-state index in [1.165, 1.54) is 0 Å². The van der Waals surface area contributed by atoms with Crippen LogP contribution in [0.1, 0.15) is 0 Å². The minimum Gasteiger partial charge on any atom is -0.329 e. The third-order valence-corrected chi connectivity index (χ3v) is 0.167. The van der Waals surface area contributed by atoms with E-state index >= 15 is 0 Å². The molecule has 4 N–H and O–H groups in total. The minimum absolute atomic E-state index is 0. The van der Waals surface area contributed by atoms with Crippen molar-refractivity contribution in [2.45, 2.75) is 0 Å². The van der Waals surface area contributed by atoms with E-state index < -0.39 is 0 Å². The topological polar surface area (TPSA) is 52.0 Å². The monoisotopic (exact) mass is 139 g/mol. The molecule has 0 amide bonds. The first kappa shape index (κ1) is 15.7. The van der Waals surface area contributed by atoms with Gasteiger partial charge in [-0.2, -0.15) is 0 Å². The van der Waals surface area contributed by atoms with Crippen molar-refractivity contribution in [1.82, 2.24) is 0 Å². The number of nitrogens with two attached hydrogens (primary N) is 2. The molecule has 0 aromatic rings. The zero-order chi connectivity index (χ0) is 3.41. The summed E-state index contributed by atoms with van der Waals surface area (Å²) < 4.78 is 0. The van der Waals surface area contributed by atoms with Gasteiger partial charge in [0.15, 0.2) is 0 Å². The van der Waals surface area contributed by atoms with Crippen LogP contribution in [0.5, 0.6) is 0 Å². The molecule has 0 fully saturated rings. The van der Waals surface area contributed by atoms with E-state index in [-0.39, 0.29) is 46.6 Å². The fraction of sp³-hybridized carbons (Fsp3) is 1.00. The minimum atomic E-state index is 0. The SMILES string of the molecule is NCCN.[Fe].[Na]. The standard InChI is InChI=1S/C2H8N2.Fe.Na/c3-1-2-4;;/h1-4H2;;. The average Bonchev–Trinajstić information content (AvgIpc) is 1.37. The maximum absolute atomic E-state index is 4.90. The van der Waals surface area contributed by atoms with E-state index in [1.54, 1.807) is 0 Å². The van der Waals surface area contributed by atoms with Crippen LogP contribution < -0.4 is 11.5 Å². The molecule has 0 heterocycles. The van der Waals surface area contributed by atoms with E-state index in [9.17, 15) is 0 Å². The van der Waals surface area contributed by atoms with E-state index in [4.69, 9.17) is 11.5 Å². The van der Waals surface area contributed by atoms with E-state index in [2.05, 4.69) is 0 Å². The molecular formula is C2H8FeN2Na. The Bertz CT molecular complexity index is 13.5. The van der Waals surface area contributed by atoms with Crippen LogP contribution in [0.25, 0.3) is 0 Å². The summed E-state index contributed by atoms with van der Waals surface area (Å²) in [5.41, 5.74) is 9.81. The Morgan fingerprint density at radius 3 is 1.17 bits per heavy atom. The molecule has 0 atom stereocenters. The van der Waals surface area contributed by atoms with Gasteiger partial charge in [-0.15, -0.1) is 0 Å². The molecular weight excluding hydrogens is 131 g/mol. The predicted molar refractivity (Wildman–Crippen MR) is 23.9 cm³/mol. The molecule has 0 bridgehead atoms. The van der Waals surface area contributed by atoms with Crippen LogP contribution in [0.3, 0.4) is 0 Å². The molecule has 0 spiro atoms. The predicted octanol–water partition coefficient (Wildman–Crippen LogP) is -1.48. The fourth-order valence-corrected chi connectivity index (χ4v) is 0. The van der Waals surface area contributed by atoms with Crippen molar-refractivity contribution in [3.63, 3.8) is 0 Å². The fourth-order valence-electron chi connectivity index (χ4n) is 0. The Balaban J connectivity index is -0.0000000450. The van der Waals surface area contributed by atoms with Crippen molar-refractivity contribution in [2.75, 3.05) is 13.1 Å². The Labute approximate surface area is 70.8 Å². The van der Waals surface area contributed by atoms with Gasteiger partial charge in [-0.1, -0.05) is 0 Å². The van der Waals surface area contributed by atoms with Crippen LogP contribution in [-0.2, 0) is 17.1 Å². The number of hydrogen-bond acceptors (Lipinski definition) is 2. The van der Waals surface area contributed by atoms with E-state index in [0.717, 1.165) is 0 Å². The van der Waals surface area contributed by atoms with Gasteiger partial charge in [0, 0.05) is 59.7 Å². The van der Waals surface area contributed by atoms with Gasteiger partial charge in [-0.25, -0.2) is 0 Å². The molecule has 0 aliphatic rings. The first-order valence-electron chi connectivity index (χ1n) is 1.32. The normalized spacial score (nSPS) is 5.00. The molecule has 4 heteroatoms. The van der Waals surface area contributed by atoms with Crippen molar-refractivity contribution < 1.29 is 17.1 Å². The summed E-state index contributed by atoms with van der Waals surface area (Å²) in [6.45, 7) is 1.19.